The summed E-state index contributed by atoms with van der Waals surface area (Å²) in [4.78, 5) is 11.7. The number of carbonyl (C=O) groups is 1. The monoisotopic (exact) mass is 197 g/mol. The van der Waals surface area contributed by atoms with Crippen molar-refractivity contribution in [2.75, 3.05) is 6.54 Å². The zero-order chi connectivity index (χ0) is 10.0. The van der Waals surface area contributed by atoms with Gasteiger partial charge in [0.15, 0.2) is 5.78 Å². The number of hydrogen-bond donors (Lipinski definition) is 2. The summed E-state index contributed by atoms with van der Waals surface area (Å²) in [5.41, 5.74) is -1.04. The second-order valence-corrected chi connectivity index (χ2v) is 4.56. The Hall–Kier alpha value is -0.410. The summed E-state index contributed by atoms with van der Waals surface area (Å²) < 4.78 is 0. The van der Waals surface area contributed by atoms with Gasteiger partial charge in [-0.3, -0.25) is 4.79 Å². The normalized spacial score (nSPS) is 39.8. The number of rotatable bonds is 1. The summed E-state index contributed by atoms with van der Waals surface area (Å²) in [6.45, 7) is 0.945. The first-order valence-corrected chi connectivity index (χ1v) is 5.72. The number of hydrogen-bond acceptors (Lipinski definition) is 3. The standard InChI is InChI=1S/C11H19NO2/c13-10-6-1-3-7-11(10,14)9-5-2-4-8-12-9/h9,12,14H,1-8H2. The molecule has 1 aliphatic carbocycles. The Kier molecular flexibility index (Phi) is 2.88. The molecule has 2 aliphatic rings. The van der Waals surface area contributed by atoms with Crippen LogP contribution in [0.1, 0.15) is 44.9 Å². The summed E-state index contributed by atoms with van der Waals surface area (Å²) in [6.07, 6.45) is 6.41. The smallest absolute Gasteiger partial charge is 0.165 e. The van der Waals surface area contributed by atoms with Gasteiger partial charge in [0, 0.05) is 12.5 Å². The molecule has 2 N–H and O–H groups in total. The molecule has 2 rings (SSSR count). The van der Waals surface area contributed by atoms with E-state index in [0.717, 1.165) is 32.2 Å². The third-order valence-corrected chi connectivity index (χ3v) is 3.58. The van der Waals surface area contributed by atoms with Crippen molar-refractivity contribution >= 4 is 5.78 Å². The van der Waals surface area contributed by atoms with E-state index in [0.29, 0.717) is 12.8 Å². The van der Waals surface area contributed by atoms with E-state index in [4.69, 9.17) is 0 Å². The molecule has 1 saturated carbocycles. The predicted octanol–water partition coefficient (Wildman–Crippen LogP) is 1.00. The molecule has 0 aromatic rings. The summed E-state index contributed by atoms with van der Waals surface area (Å²) in [7, 11) is 0. The van der Waals surface area contributed by atoms with E-state index in [1.807, 2.05) is 0 Å². The third-order valence-electron chi connectivity index (χ3n) is 3.58. The summed E-state index contributed by atoms with van der Waals surface area (Å²) >= 11 is 0. The Morgan fingerprint density at radius 3 is 2.79 bits per heavy atom. The lowest BCUT2D eigenvalue weighted by molar-refractivity contribution is -0.145. The predicted molar refractivity (Wildman–Crippen MR) is 54.1 cm³/mol. The quantitative estimate of drug-likeness (QED) is 0.659. The Balaban J connectivity index is 2.07. The molecule has 3 heteroatoms. The van der Waals surface area contributed by atoms with Gasteiger partial charge in [-0.2, -0.15) is 0 Å². The van der Waals surface area contributed by atoms with Crippen molar-refractivity contribution in [3.05, 3.63) is 0 Å². The molecule has 3 nitrogen and oxygen atoms in total. The van der Waals surface area contributed by atoms with Crippen LogP contribution in [-0.2, 0) is 4.79 Å². The fourth-order valence-corrected chi connectivity index (χ4v) is 2.66. The van der Waals surface area contributed by atoms with Crippen LogP contribution in [0, 0.1) is 0 Å². The zero-order valence-corrected chi connectivity index (χ0v) is 8.59. The van der Waals surface area contributed by atoms with Gasteiger partial charge in [-0.15, -0.1) is 0 Å². The molecule has 2 unspecified atom stereocenters. The molecule has 1 heterocycles. The highest BCUT2D eigenvalue weighted by molar-refractivity contribution is 5.88. The van der Waals surface area contributed by atoms with Crippen LogP contribution < -0.4 is 5.32 Å². The van der Waals surface area contributed by atoms with Crippen LogP contribution in [0.5, 0.6) is 0 Å². The van der Waals surface area contributed by atoms with E-state index < -0.39 is 5.60 Å². The number of carbonyl (C=O) groups excluding carboxylic acids is 1. The van der Waals surface area contributed by atoms with Gasteiger partial charge < -0.3 is 10.4 Å². The second-order valence-electron chi connectivity index (χ2n) is 4.56. The average molecular weight is 197 g/mol. The molecule has 0 aromatic heterocycles. The van der Waals surface area contributed by atoms with Gasteiger partial charge in [0.1, 0.15) is 5.60 Å². The fraction of sp³-hybridized carbons (Fsp3) is 0.909. The highest BCUT2D eigenvalue weighted by atomic mass is 16.3. The fourth-order valence-electron chi connectivity index (χ4n) is 2.66. The van der Waals surface area contributed by atoms with Gasteiger partial charge in [-0.1, -0.05) is 6.42 Å². The summed E-state index contributed by atoms with van der Waals surface area (Å²) in [6, 6.07) is 0.0176. The SMILES string of the molecule is O=C1CCCCC1(O)C1CCCCN1. The number of ketones is 1. The maximum absolute atomic E-state index is 11.7. The van der Waals surface area contributed by atoms with Crippen molar-refractivity contribution in [1.29, 1.82) is 0 Å². The first kappa shape index (κ1) is 10.1. The van der Waals surface area contributed by atoms with E-state index in [-0.39, 0.29) is 11.8 Å². The maximum Gasteiger partial charge on any atom is 0.165 e. The minimum atomic E-state index is -1.04. The van der Waals surface area contributed by atoms with Gasteiger partial charge in [-0.05, 0) is 38.6 Å². The van der Waals surface area contributed by atoms with Gasteiger partial charge in [0.2, 0.25) is 0 Å². The maximum atomic E-state index is 11.7. The van der Waals surface area contributed by atoms with Gasteiger partial charge >= 0.3 is 0 Å². The minimum Gasteiger partial charge on any atom is -0.380 e. The van der Waals surface area contributed by atoms with E-state index in [2.05, 4.69) is 5.32 Å². The first-order valence-electron chi connectivity index (χ1n) is 5.72. The lowest BCUT2D eigenvalue weighted by Crippen LogP contribution is -2.58. The van der Waals surface area contributed by atoms with E-state index >= 15 is 0 Å². The van der Waals surface area contributed by atoms with Crippen LogP contribution in [0.3, 0.4) is 0 Å². The first-order chi connectivity index (χ1) is 6.73. The Bertz CT molecular complexity index is 223. The van der Waals surface area contributed by atoms with Crippen LogP contribution >= 0.6 is 0 Å². The van der Waals surface area contributed by atoms with Gasteiger partial charge in [0.25, 0.3) is 0 Å². The molecule has 0 radical (unpaired) electrons. The molecular weight excluding hydrogens is 178 g/mol. The molecule has 14 heavy (non-hydrogen) atoms. The Labute approximate surface area is 84.9 Å². The van der Waals surface area contributed by atoms with E-state index in [1.54, 1.807) is 0 Å². The van der Waals surface area contributed by atoms with Crippen LogP contribution in [0.15, 0.2) is 0 Å². The molecule has 1 saturated heterocycles. The largest absolute Gasteiger partial charge is 0.380 e. The molecular formula is C11H19NO2. The second kappa shape index (κ2) is 3.99. The molecule has 0 spiro atoms. The molecule has 2 fully saturated rings. The number of piperidine rings is 1. The summed E-state index contributed by atoms with van der Waals surface area (Å²) in [5.74, 6) is 0.0585. The molecule has 0 aromatic carbocycles. The van der Waals surface area contributed by atoms with Crippen molar-refractivity contribution in [3.8, 4) is 0 Å². The van der Waals surface area contributed by atoms with Crippen molar-refractivity contribution in [2.24, 2.45) is 0 Å². The van der Waals surface area contributed by atoms with E-state index in [1.165, 1.54) is 6.42 Å². The lowest BCUT2D eigenvalue weighted by Gasteiger charge is -2.40. The lowest BCUT2D eigenvalue weighted by atomic mass is 9.76. The minimum absolute atomic E-state index is 0.0176. The zero-order valence-electron chi connectivity index (χ0n) is 8.59. The highest BCUT2D eigenvalue weighted by Gasteiger charge is 2.44. The third kappa shape index (κ3) is 1.71. The molecule has 0 bridgehead atoms. The van der Waals surface area contributed by atoms with E-state index in [9.17, 15) is 9.90 Å². The highest BCUT2D eigenvalue weighted by Crippen LogP contribution is 2.31. The van der Waals surface area contributed by atoms with Gasteiger partial charge in [0.05, 0.1) is 0 Å². The van der Waals surface area contributed by atoms with Gasteiger partial charge in [-0.25, -0.2) is 0 Å². The van der Waals surface area contributed by atoms with Crippen molar-refractivity contribution in [2.45, 2.75) is 56.6 Å². The summed E-state index contributed by atoms with van der Waals surface area (Å²) in [5, 5.41) is 13.6. The Morgan fingerprint density at radius 2 is 2.14 bits per heavy atom. The van der Waals surface area contributed by atoms with Crippen LogP contribution in [0.2, 0.25) is 0 Å². The van der Waals surface area contributed by atoms with Crippen LogP contribution in [-0.4, -0.2) is 29.1 Å². The number of nitrogens with one attached hydrogen (secondary N) is 1. The van der Waals surface area contributed by atoms with Crippen LogP contribution in [0.25, 0.3) is 0 Å². The number of aliphatic hydroxyl groups is 1. The average Bonchev–Trinajstić information content (AvgIpc) is 2.24. The molecule has 1 aliphatic heterocycles. The molecule has 2 atom stereocenters. The topological polar surface area (TPSA) is 49.3 Å². The Morgan fingerprint density at radius 1 is 1.29 bits per heavy atom. The van der Waals surface area contributed by atoms with Crippen molar-refractivity contribution < 1.29 is 9.90 Å². The van der Waals surface area contributed by atoms with Crippen molar-refractivity contribution in [3.63, 3.8) is 0 Å². The molecule has 80 valence electrons. The number of Topliss-reactive ketones (excluding diaryl/α,β-unsaturated/α-hetero) is 1. The van der Waals surface area contributed by atoms with Crippen molar-refractivity contribution in [1.82, 2.24) is 5.32 Å². The van der Waals surface area contributed by atoms with Crippen LogP contribution in [0.4, 0.5) is 0 Å². The molecule has 0 amide bonds.